The minimum absolute atomic E-state index is 0.0476. The summed E-state index contributed by atoms with van der Waals surface area (Å²) in [5.74, 6) is -1.05. The Hall–Kier alpha value is -3.60. The van der Waals surface area contributed by atoms with Crippen molar-refractivity contribution in [3.8, 4) is 11.5 Å². The van der Waals surface area contributed by atoms with Gasteiger partial charge < -0.3 is 14.6 Å². The Bertz CT molecular complexity index is 901. The maximum absolute atomic E-state index is 12.4. The molecule has 5 nitrogen and oxygen atoms in total. The second-order valence-electron chi connectivity index (χ2n) is 5.49. The molecule has 0 amide bonds. The van der Waals surface area contributed by atoms with E-state index in [1.54, 1.807) is 12.1 Å². The summed E-state index contributed by atoms with van der Waals surface area (Å²) in [5, 5.41) is 9.28. The van der Waals surface area contributed by atoms with Crippen LogP contribution in [-0.2, 0) is 11.3 Å². The molecule has 0 aromatic heterocycles. The van der Waals surface area contributed by atoms with Gasteiger partial charge in [-0.05, 0) is 42.0 Å². The number of hydrogen-bond donors (Lipinski definition) is 1. The molecule has 0 saturated heterocycles. The molecule has 0 aliphatic rings. The average molecular weight is 348 g/mol. The Labute approximate surface area is 150 Å². The first-order valence-corrected chi connectivity index (χ1v) is 7.95. The molecular formula is C21H16O5. The Kier molecular flexibility index (Phi) is 5.29. The molecule has 26 heavy (non-hydrogen) atoms. The largest absolute Gasteiger partial charge is 0.508 e. The molecule has 0 aliphatic carbocycles. The highest BCUT2D eigenvalue weighted by Crippen LogP contribution is 2.21. The molecule has 3 aromatic rings. The van der Waals surface area contributed by atoms with Crippen LogP contribution in [0.25, 0.3) is 0 Å². The van der Waals surface area contributed by atoms with Crippen molar-refractivity contribution in [1.82, 2.24) is 0 Å². The van der Waals surface area contributed by atoms with Crippen molar-refractivity contribution in [1.29, 1.82) is 0 Å². The highest BCUT2D eigenvalue weighted by atomic mass is 16.5. The number of carbonyl (C=O) groups excluding carboxylic acids is 2. The first kappa shape index (κ1) is 17.2. The maximum atomic E-state index is 12.4. The third kappa shape index (κ3) is 4.27. The summed E-state index contributed by atoms with van der Waals surface area (Å²) in [6.45, 7) is 0.125. The first-order valence-electron chi connectivity index (χ1n) is 7.95. The normalized spacial score (nSPS) is 10.2. The van der Waals surface area contributed by atoms with E-state index < -0.39 is 11.9 Å². The SMILES string of the molecule is O=C(Oc1ccccc1C(=O)OCc1ccccc1)c1ccc(O)cc1. The fourth-order valence-electron chi connectivity index (χ4n) is 2.28. The lowest BCUT2D eigenvalue weighted by Gasteiger charge is -2.10. The number of ether oxygens (including phenoxy) is 2. The fourth-order valence-corrected chi connectivity index (χ4v) is 2.28. The van der Waals surface area contributed by atoms with Crippen LogP contribution in [0.2, 0.25) is 0 Å². The van der Waals surface area contributed by atoms with Crippen molar-refractivity contribution in [2.75, 3.05) is 0 Å². The van der Waals surface area contributed by atoms with Gasteiger partial charge in [-0.15, -0.1) is 0 Å². The first-order chi connectivity index (χ1) is 12.6. The zero-order valence-corrected chi connectivity index (χ0v) is 13.8. The van der Waals surface area contributed by atoms with Gasteiger partial charge >= 0.3 is 11.9 Å². The van der Waals surface area contributed by atoms with E-state index in [0.29, 0.717) is 0 Å². The number of phenolic OH excluding ortho intramolecular Hbond substituents is 1. The van der Waals surface area contributed by atoms with Gasteiger partial charge in [0.15, 0.2) is 0 Å². The van der Waals surface area contributed by atoms with E-state index >= 15 is 0 Å². The molecular weight excluding hydrogens is 332 g/mol. The van der Waals surface area contributed by atoms with E-state index in [-0.39, 0.29) is 29.2 Å². The lowest BCUT2D eigenvalue weighted by Crippen LogP contribution is -2.13. The van der Waals surface area contributed by atoms with Gasteiger partial charge in [-0.1, -0.05) is 42.5 Å². The molecule has 0 saturated carbocycles. The van der Waals surface area contributed by atoms with Gasteiger partial charge in [0.05, 0.1) is 5.56 Å². The van der Waals surface area contributed by atoms with Crippen LogP contribution in [0.15, 0.2) is 78.9 Å². The van der Waals surface area contributed by atoms with Crippen LogP contribution >= 0.6 is 0 Å². The van der Waals surface area contributed by atoms with Crippen molar-refractivity contribution in [3.05, 3.63) is 95.6 Å². The van der Waals surface area contributed by atoms with Crippen LogP contribution in [0.5, 0.6) is 11.5 Å². The number of esters is 2. The van der Waals surface area contributed by atoms with Crippen LogP contribution in [0.3, 0.4) is 0 Å². The van der Waals surface area contributed by atoms with Crippen molar-refractivity contribution >= 4 is 11.9 Å². The Morgan fingerprint density at radius 1 is 0.769 bits per heavy atom. The number of para-hydroxylation sites is 1. The Morgan fingerprint density at radius 2 is 1.42 bits per heavy atom. The fraction of sp³-hybridized carbons (Fsp3) is 0.0476. The summed E-state index contributed by atoms with van der Waals surface area (Å²) in [5.41, 5.74) is 1.28. The Morgan fingerprint density at radius 3 is 2.15 bits per heavy atom. The van der Waals surface area contributed by atoms with Gasteiger partial charge in [0.1, 0.15) is 23.7 Å². The molecule has 1 N–H and O–H groups in total. The van der Waals surface area contributed by atoms with Gasteiger partial charge in [0, 0.05) is 0 Å². The molecule has 5 heteroatoms. The highest BCUT2D eigenvalue weighted by Gasteiger charge is 2.17. The summed E-state index contributed by atoms with van der Waals surface area (Å²) in [6, 6.07) is 21.3. The number of carbonyl (C=O) groups is 2. The minimum Gasteiger partial charge on any atom is -0.508 e. The molecule has 3 rings (SSSR count). The third-order valence-corrected chi connectivity index (χ3v) is 3.63. The molecule has 0 heterocycles. The van der Waals surface area contributed by atoms with E-state index in [0.717, 1.165) is 5.56 Å². The molecule has 0 bridgehead atoms. The number of aromatic hydroxyl groups is 1. The summed E-state index contributed by atoms with van der Waals surface area (Å²) >= 11 is 0. The maximum Gasteiger partial charge on any atom is 0.343 e. The second-order valence-corrected chi connectivity index (χ2v) is 5.49. The zero-order chi connectivity index (χ0) is 18.4. The van der Waals surface area contributed by atoms with E-state index in [9.17, 15) is 14.7 Å². The van der Waals surface area contributed by atoms with E-state index in [1.165, 1.54) is 36.4 Å². The van der Waals surface area contributed by atoms with Crippen LogP contribution in [0.1, 0.15) is 26.3 Å². The summed E-state index contributed by atoms with van der Waals surface area (Å²) in [7, 11) is 0. The topological polar surface area (TPSA) is 72.8 Å². The monoisotopic (exact) mass is 348 g/mol. The second kappa shape index (κ2) is 7.98. The van der Waals surface area contributed by atoms with Gasteiger partial charge in [0.25, 0.3) is 0 Å². The number of rotatable bonds is 5. The van der Waals surface area contributed by atoms with Crippen molar-refractivity contribution in [3.63, 3.8) is 0 Å². The number of hydrogen-bond acceptors (Lipinski definition) is 5. The van der Waals surface area contributed by atoms with E-state index in [1.807, 2.05) is 30.3 Å². The zero-order valence-electron chi connectivity index (χ0n) is 13.8. The van der Waals surface area contributed by atoms with Crippen LogP contribution in [0, 0.1) is 0 Å². The van der Waals surface area contributed by atoms with Gasteiger partial charge in [-0.2, -0.15) is 0 Å². The standard InChI is InChI=1S/C21H16O5/c22-17-12-10-16(11-13-17)20(23)26-19-9-5-4-8-18(19)21(24)25-14-15-6-2-1-3-7-15/h1-13,22H,14H2. The molecule has 0 spiro atoms. The van der Waals surface area contributed by atoms with Crippen molar-refractivity contribution < 1.29 is 24.2 Å². The molecule has 130 valence electrons. The predicted octanol–water partition coefficient (Wildman–Crippen LogP) is 3.97. The average Bonchev–Trinajstić information content (AvgIpc) is 2.68. The minimum atomic E-state index is -0.631. The molecule has 0 radical (unpaired) electrons. The quantitative estimate of drug-likeness (QED) is 0.558. The van der Waals surface area contributed by atoms with Crippen molar-refractivity contribution in [2.45, 2.75) is 6.61 Å². The van der Waals surface area contributed by atoms with Crippen LogP contribution in [0.4, 0.5) is 0 Å². The predicted molar refractivity (Wildman–Crippen MR) is 95.1 cm³/mol. The molecule has 0 atom stereocenters. The van der Waals surface area contributed by atoms with Gasteiger partial charge in [0.2, 0.25) is 0 Å². The Balaban J connectivity index is 1.72. The van der Waals surface area contributed by atoms with Crippen LogP contribution in [-0.4, -0.2) is 17.0 Å². The third-order valence-electron chi connectivity index (χ3n) is 3.63. The molecule has 3 aromatic carbocycles. The van der Waals surface area contributed by atoms with E-state index in [4.69, 9.17) is 9.47 Å². The van der Waals surface area contributed by atoms with Crippen LogP contribution < -0.4 is 4.74 Å². The van der Waals surface area contributed by atoms with E-state index in [2.05, 4.69) is 0 Å². The molecule has 0 unspecified atom stereocenters. The molecule has 0 aliphatic heterocycles. The lowest BCUT2D eigenvalue weighted by atomic mass is 10.2. The summed E-state index contributed by atoms with van der Waals surface area (Å²) in [6.07, 6.45) is 0. The number of benzene rings is 3. The summed E-state index contributed by atoms with van der Waals surface area (Å²) in [4.78, 5) is 24.6. The molecule has 0 fully saturated rings. The van der Waals surface area contributed by atoms with Gasteiger partial charge in [-0.3, -0.25) is 0 Å². The highest BCUT2D eigenvalue weighted by molar-refractivity contribution is 5.96. The number of phenols is 1. The summed E-state index contributed by atoms with van der Waals surface area (Å²) < 4.78 is 10.6. The lowest BCUT2D eigenvalue weighted by molar-refractivity contribution is 0.0467. The smallest absolute Gasteiger partial charge is 0.343 e. The van der Waals surface area contributed by atoms with Crippen molar-refractivity contribution in [2.24, 2.45) is 0 Å². The van der Waals surface area contributed by atoms with Gasteiger partial charge in [-0.25, -0.2) is 9.59 Å².